The molecule has 114 valence electrons. The summed E-state index contributed by atoms with van der Waals surface area (Å²) in [4.78, 5) is 25.9. The van der Waals surface area contributed by atoms with Gasteiger partial charge in [-0.1, -0.05) is 60.7 Å². The Balaban J connectivity index is 1.92. The van der Waals surface area contributed by atoms with Crippen molar-refractivity contribution in [3.05, 3.63) is 71.3 Å². The van der Waals surface area contributed by atoms with Gasteiger partial charge in [0.15, 0.2) is 0 Å². The molecule has 0 bridgehead atoms. The van der Waals surface area contributed by atoms with Crippen molar-refractivity contribution in [2.24, 2.45) is 5.92 Å². The van der Waals surface area contributed by atoms with E-state index in [0.717, 1.165) is 22.3 Å². The van der Waals surface area contributed by atoms with Crippen LogP contribution in [0, 0.1) is 5.92 Å². The van der Waals surface area contributed by atoms with Gasteiger partial charge in [-0.05, 0) is 22.3 Å². The van der Waals surface area contributed by atoms with Crippen LogP contribution in [0.1, 0.15) is 36.1 Å². The highest BCUT2D eigenvalue weighted by Gasteiger charge is 2.46. The first-order chi connectivity index (χ1) is 11.2. The van der Waals surface area contributed by atoms with Gasteiger partial charge in [0.2, 0.25) is 11.8 Å². The molecule has 2 aromatic rings. The normalized spacial score (nSPS) is 22.4. The van der Waals surface area contributed by atoms with Gasteiger partial charge in [0.05, 0.1) is 6.04 Å². The van der Waals surface area contributed by atoms with Crippen LogP contribution in [0.2, 0.25) is 0 Å². The third-order valence-corrected chi connectivity index (χ3v) is 4.79. The number of rotatable bonds is 1. The molecule has 2 aliphatic rings. The highest BCUT2D eigenvalue weighted by atomic mass is 16.2. The molecule has 4 rings (SSSR count). The number of amides is 2. The lowest BCUT2D eigenvalue weighted by Crippen LogP contribution is -2.34. The van der Waals surface area contributed by atoms with Crippen molar-refractivity contribution in [1.82, 2.24) is 4.90 Å². The third-order valence-electron chi connectivity index (χ3n) is 4.79. The molecule has 2 unspecified atom stereocenters. The van der Waals surface area contributed by atoms with Crippen LogP contribution in [0.25, 0.3) is 11.6 Å². The molecule has 1 fully saturated rings. The molecule has 23 heavy (non-hydrogen) atoms. The molecule has 3 nitrogen and oxygen atoms in total. The summed E-state index contributed by atoms with van der Waals surface area (Å²) in [7, 11) is 0. The number of hydrogen-bond donors (Lipinski definition) is 0. The SMILES string of the molecule is CC(=O)N1C(=O)CC2C(c3ccccc3)=Cc3ccccc3C21. The lowest BCUT2D eigenvalue weighted by atomic mass is 9.77. The fourth-order valence-corrected chi connectivity index (χ4v) is 3.85. The Kier molecular flexibility index (Phi) is 3.15. The quantitative estimate of drug-likeness (QED) is 0.806. The van der Waals surface area contributed by atoms with Crippen molar-refractivity contribution in [3.8, 4) is 0 Å². The first kappa shape index (κ1) is 13.9. The summed E-state index contributed by atoms with van der Waals surface area (Å²) in [6.45, 7) is 1.48. The molecule has 2 atom stereocenters. The molecule has 1 heterocycles. The third kappa shape index (κ3) is 2.12. The predicted molar refractivity (Wildman–Crippen MR) is 89.1 cm³/mol. The van der Waals surface area contributed by atoms with E-state index in [4.69, 9.17) is 0 Å². The molecular weight excluding hydrogens is 286 g/mol. The van der Waals surface area contributed by atoms with Crippen LogP contribution in [-0.4, -0.2) is 16.7 Å². The van der Waals surface area contributed by atoms with Crippen LogP contribution < -0.4 is 0 Å². The van der Waals surface area contributed by atoms with Crippen LogP contribution >= 0.6 is 0 Å². The van der Waals surface area contributed by atoms with Gasteiger partial charge >= 0.3 is 0 Å². The van der Waals surface area contributed by atoms with Gasteiger partial charge in [-0.15, -0.1) is 0 Å². The van der Waals surface area contributed by atoms with Crippen molar-refractivity contribution >= 4 is 23.5 Å². The first-order valence-electron chi connectivity index (χ1n) is 7.85. The second kappa shape index (κ2) is 5.20. The van der Waals surface area contributed by atoms with Gasteiger partial charge in [0.1, 0.15) is 0 Å². The highest BCUT2D eigenvalue weighted by molar-refractivity contribution is 6.01. The number of likely N-dealkylation sites (tertiary alicyclic amines) is 1. The topological polar surface area (TPSA) is 37.4 Å². The van der Waals surface area contributed by atoms with Crippen molar-refractivity contribution in [3.63, 3.8) is 0 Å². The summed E-state index contributed by atoms with van der Waals surface area (Å²) < 4.78 is 0. The summed E-state index contributed by atoms with van der Waals surface area (Å²) in [6, 6.07) is 18.0. The molecule has 0 radical (unpaired) electrons. The summed E-state index contributed by atoms with van der Waals surface area (Å²) >= 11 is 0. The van der Waals surface area contributed by atoms with Gasteiger partial charge in [0, 0.05) is 19.3 Å². The van der Waals surface area contributed by atoms with E-state index in [1.54, 1.807) is 0 Å². The molecular formula is C20H17NO2. The fourth-order valence-electron chi connectivity index (χ4n) is 3.85. The van der Waals surface area contributed by atoms with Crippen LogP contribution in [0.15, 0.2) is 54.6 Å². The summed E-state index contributed by atoms with van der Waals surface area (Å²) in [5.74, 6) is -0.221. The van der Waals surface area contributed by atoms with E-state index in [1.165, 1.54) is 11.8 Å². The van der Waals surface area contributed by atoms with E-state index < -0.39 is 0 Å². The molecule has 2 amide bonds. The second-order valence-corrected chi connectivity index (χ2v) is 6.13. The molecule has 0 spiro atoms. The zero-order valence-corrected chi connectivity index (χ0v) is 12.9. The lowest BCUT2D eigenvalue weighted by Gasteiger charge is -2.32. The fraction of sp³-hybridized carbons (Fsp3) is 0.200. The van der Waals surface area contributed by atoms with E-state index >= 15 is 0 Å². The number of imide groups is 1. The Labute approximate surface area is 135 Å². The van der Waals surface area contributed by atoms with Crippen LogP contribution in [0.5, 0.6) is 0 Å². The van der Waals surface area contributed by atoms with Crippen LogP contribution in [-0.2, 0) is 9.59 Å². The Morgan fingerprint density at radius 2 is 1.74 bits per heavy atom. The number of fused-ring (bicyclic) bond motifs is 3. The van der Waals surface area contributed by atoms with Crippen molar-refractivity contribution in [1.29, 1.82) is 0 Å². The minimum Gasteiger partial charge on any atom is -0.275 e. The Morgan fingerprint density at radius 1 is 1.04 bits per heavy atom. The lowest BCUT2D eigenvalue weighted by molar-refractivity contribution is -0.142. The zero-order valence-electron chi connectivity index (χ0n) is 12.9. The van der Waals surface area contributed by atoms with Crippen LogP contribution in [0.3, 0.4) is 0 Å². The maximum atomic E-state index is 12.4. The number of carbonyl (C=O) groups excluding carboxylic acids is 2. The molecule has 1 aliphatic heterocycles. The van der Waals surface area contributed by atoms with E-state index in [-0.39, 0.29) is 23.8 Å². The molecule has 0 saturated carbocycles. The smallest absolute Gasteiger partial charge is 0.230 e. The Hall–Kier alpha value is -2.68. The van der Waals surface area contributed by atoms with Crippen molar-refractivity contribution in [2.45, 2.75) is 19.4 Å². The van der Waals surface area contributed by atoms with Gasteiger partial charge < -0.3 is 0 Å². The number of hydrogen-bond acceptors (Lipinski definition) is 2. The molecule has 1 aliphatic carbocycles. The van der Waals surface area contributed by atoms with E-state index in [2.05, 4.69) is 24.3 Å². The molecule has 2 aromatic carbocycles. The minimum atomic E-state index is -0.184. The molecule has 3 heteroatoms. The summed E-state index contributed by atoms with van der Waals surface area (Å²) in [5, 5.41) is 0. The average molecular weight is 303 g/mol. The predicted octanol–water partition coefficient (Wildman–Crippen LogP) is 3.68. The number of nitrogens with zero attached hydrogens (tertiary/aromatic N) is 1. The Morgan fingerprint density at radius 3 is 2.48 bits per heavy atom. The number of benzene rings is 2. The molecule has 0 aromatic heterocycles. The number of carbonyl (C=O) groups is 2. The maximum Gasteiger partial charge on any atom is 0.230 e. The maximum absolute atomic E-state index is 12.4. The van der Waals surface area contributed by atoms with Crippen molar-refractivity contribution < 1.29 is 9.59 Å². The summed E-state index contributed by atoms with van der Waals surface area (Å²) in [5.41, 5.74) is 4.42. The molecule has 1 saturated heterocycles. The highest BCUT2D eigenvalue weighted by Crippen LogP contribution is 2.50. The van der Waals surface area contributed by atoms with E-state index in [0.29, 0.717) is 6.42 Å². The summed E-state index contributed by atoms with van der Waals surface area (Å²) in [6.07, 6.45) is 2.56. The first-order valence-corrected chi connectivity index (χ1v) is 7.85. The van der Waals surface area contributed by atoms with E-state index in [1.807, 2.05) is 36.4 Å². The van der Waals surface area contributed by atoms with Crippen molar-refractivity contribution in [2.75, 3.05) is 0 Å². The van der Waals surface area contributed by atoms with Gasteiger partial charge in [0.25, 0.3) is 0 Å². The van der Waals surface area contributed by atoms with Gasteiger partial charge in [-0.3, -0.25) is 14.5 Å². The van der Waals surface area contributed by atoms with Crippen LogP contribution in [0.4, 0.5) is 0 Å². The average Bonchev–Trinajstić information content (AvgIpc) is 2.92. The largest absolute Gasteiger partial charge is 0.275 e. The zero-order chi connectivity index (χ0) is 16.0. The van der Waals surface area contributed by atoms with Gasteiger partial charge in [-0.2, -0.15) is 0 Å². The minimum absolute atomic E-state index is 0.0312. The van der Waals surface area contributed by atoms with E-state index in [9.17, 15) is 9.59 Å². The monoisotopic (exact) mass is 303 g/mol. The Bertz CT molecular complexity index is 823. The standard InChI is InChI=1S/C20H17NO2/c1-13(22)21-19(23)12-18-17(14-7-3-2-4-8-14)11-15-9-5-6-10-16(15)20(18)21/h2-11,18,20H,12H2,1H3. The van der Waals surface area contributed by atoms with Gasteiger partial charge in [-0.25, -0.2) is 0 Å². The second-order valence-electron chi connectivity index (χ2n) is 6.13. The molecule has 0 N–H and O–H groups in total.